The molecule has 28 heavy (non-hydrogen) atoms. The highest BCUT2D eigenvalue weighted by molar-refractivity contribution is 6.31. The molecule has 1 saturated carbocycles. The van der Waals surface area contributed by atoms with Crippen LogP contribution in [-0.4, -0.2) is 37.0 Å². The lowest BCUT2D eigenvalue weighted by atomic mass is 9.85. The first-order valence-corrected chi connectivity index (χ1v) is 9.83. The van der Waals surface area contributed by atoms with Gasteiger partial charge in [0.2, 0.25) is 0 Å². The Hall–Kier alpha value is -2.93. The monoisotopic (exact) mass is 394 g/mol. The van der Waals surface area contributed by atoms with Gasteiger partial charge in [-0.25, -0.2) is 4.98 Å². The van der Waals surface area contributed by atoms with Crippen LogP contribution in [0.15, 0.2) is 36.5 Å². The summed E-state index contributed by atoms with van der Waals surface area (Å²) in [6.07, 6.45) is 6.04. The Bertz CT molecular complexity index is 1180. The quantitative estimate of drug-likeness (QED) is 0.542. The number of H-pyrrole nitrogens is 1. The van der Waals surface area contributed by atoms with Crippen molar-refractivity contribution in [3.8, 4) is 0 Å². The lowest BCUT2D eigenvalue weighted by Crippen LogP contribution is -2.26. The van der Waals surface area contributed by atoms with Crippen LogP contribution in [0.1, 0.15) is 47.2 Å². The fraction of sp³-hybridized carbons (Fsp3) is 0.300. The smallest absolute Gasteiger partial charge is 0.255 e. The van der Waals surface area contributed by atoms with E-state index in [1.165, 1.54) is 6.42 Å². The molecule has 0 saturated heterocycles. The van der Waals surface area contributed by atoms with Gasteiger partial charge in [-0.1, -0.05) is 18.0 Å². The predicted octanol–water partition coefficient (Wildman–Crippen LogP) is 3.50. The van der Waals surface area contributed by atoms with E-state index in [-0.39, 0.29) is 5.91 Å². The van der Waals surface area contributed by atoms with Gasteiger partial charge < -0.3 is 10.3 Å². The van der Waals surface area contributed by atoms with Crippen molar-refractivity contribution in [2.45, 2.75) is 31.6 Å². The molecule has 1 aromatic carbocycles. The molecule has 0 spiro atoms. The van der Waals surface area contributed by atoms with Crippen LogP contribution in [0, 0.1) is 0 Å². The number of halogens is 1. The number of amides is 1. The van der Waals surface area contributed by atoms with Gasteiger partial charge in [0.1, 0.15) is 11.6 Å². The first-order chi connectivity index (χ1) is 13.7. The number of imidazole rings is 1. The molecule has 1 fully saturated rings. The summed E-state index contributed by atoms with van der Waals surface area (Å²) in [7, 11) is 0. The number of hydrogen-bond acceptors (Lipinski definition) is 4. The van der Waals surface area contributed by atoms with E-state index in [2.05, 4.69) is 25.5 Å². The second-order valence-corrected chi connectivity index (χ2v) is 7.59. The van der Waals surface area contributed by atoms with Gasteiger partial charge in [0.25, 0.3) is 5.91 Å². The van der Waals surface area contributed by atoms with E-state index in [1.54, 1.807) is 6.07 Å². The Kier molecular flexibility index (Phi) is 4.24. The molecular weight excluding hydrogens is 376 g/mol. The molecule has 0 bridgehead atoms. The summed E-state index contributed by atoms with van der Waals surface area (Å²) in [5, 5.41) is 12.2. The average molecular weight is 395 g/mol. The van der Waals surface area contributed by atoms with Crippen LogP contribution in [0.2, 0.25) is 5.02 Å². The topological polar surface area (TPSA) is 88.0 Å². The van der Waals surface area contributed by atoms with Crippen molar-refractivity contribution in [3.05, 3.63) is 58.8 Å². The molecule has 7 nitrogen and oxygen atoms in total. The van der Waals surface area contributed by atoms with Gasteiger partial charge in [-0.15, -0.1) is 10.2 Å². The fourth-order valence-corrected chi connectivity index (χ4v) is 3.76. The van der Waals surface area contributed by atoms with Gasteiger partial charge in [0.05, 0.1) is 16.6 Å². The van der Waals surface area contributed by atoms with Crippen LogP contribution in [0.4, 0.5) is 0 Å². The van der Waals surface area contributed by atoms with E-state index in [4.69, 9.17) is 11.6 Å². The number of rotatable bonds is 5. The maximum absolute atomic E-state index is 12.7. The summed E-state index contributed by atoms with van der Waals surface area (Å²) in [5.41, 5.74) is 2.91. The maximum Gasteiger partial charge on any atom is 0.255 e. The summed E-state index contributed by atoms with van der Waals surface area (Å²) in [6.45, 7) is 0.469. The summed E-state index contributed by atoms with van der Waals surface area (Å²) >= 11 is 6.00. The van der Waals surface area contributed by atoms with Gasteiger partial charge in [-0.2, -0.15) is 0 Å². The highest BCUT2D eigenvalue weighted by Crippen LogP contribution is 2.35. The molecule has 8 heteroatoms. The highest BCUT2D eigenvalue weighted by atomic mass is 35.5. The number of carbonyl (C=O) groups excluding carboxylic acids is 1. The van der Waals surface area contributed by atoms with E-state index < -0.39 is 0 Å². The molecule has 2 N–H and O–H groups in total. The SMILES string of the molecule is O=C(NCCc1nc2cc(Cl)ccc2[nH]1)c1cccn2c(C3CCC3)nnc12. The maximum atomic E-state index is 12.7. The lowest BCUT2D eigenvalue weighted by molar-refractivity contribution is 0.0955. The molecule has 4 aromatic rings. The van der Waals surface area contributed by atoms with Gasteiger partial charge in [-0.05, 0) is 43.2 Å². The van der Waals surface area contributed by atoms with Gasteiger partial charge in [0.15, 0.2) is 5.65 Å². The minimum absolute atomic E-state index is 0.155. The zero-order valence-corrected chi connectivity index (χ0v) is 15.9. The van der Waals surface area contributed by atoms with Crippen molar-refractivity contribution in [1.29, 1.82) is 0 Å². The van der Waals surface area contributed by atoms with Crippen LogP contribution in [-0.2, 0) is 6.42 Å². The van der Waals surface area contributed by atoms with Crippen LogP contribution in [0.25, 0.3) is 16.7 Å². The number of aromatic amines is 1. The Morgan fingerprint density at radius 3 is 3.00 bits per heavy atom. The predicted molar refractivity (Wildman–Crippen MR) is 107 cm³/mol. The number of pyridine rings is 1. The molecule has 0 aliphatic heterocycles. The molecule has 1 aliphatic carbocycles. The molecule has 0 radical (unpaired) electrons. The third-order valence-electron chi connectivity index (χ3n) is 5.32. The van der Waals surface area contributed by atoms with Crippen molar-refractivity contribution in [3.63, 3.8) is 0 Å². The van der Waals surface area contributed by atoms with E-state index in [0.717, 1.165) is 35.5 Å². The van der Waals surface area contributed by atoms with E-state index >= 15 is 0 Å². The Labute approximate surface area is 166 Å². The standard InChI is InChI=1S/C20H19ClN6O/c21-13-6-7-15-16(11-13)24-17(23-15)8-9-22-20(28)14-5-2-10-27-18(12-3-1-4-12)25-26-19(14)27/h2,5-7,10-12H,1,3-4,8-9H2,(H,22,28)(H,23,24). The molecule has 1 amide bonds. The molecule has 3 heterocycles. The summed E-state index contributed by atoms with van der Waals surface area (Å²) in [5.74, 6) is 2.06. The molecule has 142 valence electrons. The van der Waals surface area contributed by atoms with Crippen molar-refractivity contribution in [2.24, 2.45) is 0 Å². The summed E-state index contributed by atoms with van der Waals surface area (Å²) in [6, 6.07) is 9.20. The summed E-state index contributed by atoms with van der Waals surface area (Å²) in [4.78, 5) is 20.4. The Balaban J connectivity index is 1.29. The van der Waals surface area contributed by atoms with Crippen molar-refractivity contribution in [2.75, 3.05) is 6.54 Å². The Morgan fingerprint density at radius 2 is 2.18 bits per heavy atom. The minimum Gasteiger partial charge on any atom is -0.351 e. The third-order valence-corrected chi connectivity index (χ3v) is 5.55. The van der Waals surface area contributed by atoms with Crippen LogP contribution >= 0.6 is 11.6 Å². The summed E-state index contributed by atoms with van der Waals surface area (Å²) < 4.78 is 1.95. The normalized spacial score (nSPS) is 14.5. The van der Waals surface area contributed by atoms with E-state index in [0.29, 0.717) is 35.1 Å². The van der Waals surface area contributed by atoms with Gasteiger partial charge >= 0.3 is 0 Å². The molecule has 1 aliphatic rings. The number of nitrogens with one attached hydrogen (secondary N) is 2. The van der Waals surface area contributed by atoms with Crippen molar-refractivity contribution in [1.82, 2.24) is 29.9 Å². The molecule has 0 atom stereocenters. The number of fused-ring (bicyclic) bond motifs is 2. The number of aromatic nitrogens is 5. The van der Waals surface area contributed by atoms with Crippen LogP contribution in [0.5, 0.6) is 0 Å². The molecule has 3 aromatic heterocycles. The zero-order chi connectivity index (χ0) is 19.1. The largest absolute Gasteiger partial charge is 0.351 e. The number of hydrogen-bond donors (Lipinski definition) is 2. The Morgan fingerprint density at radius 1 is 1.29 bits per heavy atom. The number of benzene rings is 1. The number of nitrogens with zero attached hydrogens (tertiary/aromatic N) is 4. The lowest BCUT2D eigenvalue weighted by Gasteiger charge is -2.23. The molecule has 5 rings (SSSR count). The van der Waals surface area contributed by atoms with E-state index in [1.807, 2.05) is 34.9 Å². The minimum atomic E-state index is -0.155. The first kappa shape index (κ1) is 17.2. The van der Waals surface area contributed by atoms with Crippen LogP contribution in [0.3, 0.4) is 0 Å². The molecule has 0 unspecified atom stereocenters. The zero-order valence-electron chi connectivity index (χ0n) is 15.2. The molecular formula is C20H19ClN6O. The number of carbonyl (C=O) groups is 1. The van der Waals surface area contributed by atoms with Crippen molar-refractivity contribution >= 4 is 34.2 Å². The average Bonchev–Trinajstić information content (AvgIpc) is 3.24. The highest BCUT2D eigenvalue weighted by Gasteiger charge is 2.25. The van der Waals surface area contributed by atoms with E-state index in [9.17, 15) is 4.79 Å². The fourth-order valence-electron chi connectivity index (χ4n) is 3.60. The van der Waals surface area contributed by atoms with Crippen LogP contribution < -0.4 is 5.32 Å². The van der Waals surface area contributed by atoms with Gasteiger partial charge in [-0.3, -0.25) is 9.20 Å². The van der Waals surface area contributed by atoms with Gasteiger partial charge in [0, 0.05) is 30.1 Å². The third kappa shape index (κ3) is 3.01. The van der Waals surface area contributed by atoms with Crippen molar-refractivity contribution < 1.29 is 4.79 Å². The second kappa shape index (κ2) is 6.91. The second-order valence-electron chi connectivity index (χ2n) is 7.15. The first-order valence-electron chi connectivity index (χ1n) is 9.45.